The van der Waals surface area contributed by atoms with Crippen LogP contribution in [0.2, 0.25) is 0 Å². The highest BCUT2D eigenvalue weighted by molar-refractivity contribution is 4.76. The zero-order valence-electron chi connectivity index (χ0n) is 5.94. The minimum Gasteiger partial charge on any atom is -0.310 e. The molecular weight excluding hydrogens is 100 g/mol. The number of nitrogens with two attached hydrogens (primary N) is 1. The summed E-state index contributed by atoms with van der Waals surface area (Å²) in [5.74, 6) is 0. The van der Waals surface area contributed by atoms with Gasteiger partial charge >= 0.3 is 0 Å². The van der Waals surface area contributed by atoms with Crippen molar-refractivity contribution in [3.05, 3.63) is 6.17 Å². The van der Waals surface area contributed by atoms with E-state index in [9.17, 15) is 0 Å². The third-order valence-corrected chi connectivity index (χ3v) is 1.33. The van der Waals surface area contributed by atoms with Gasteiger partial charge < -0.3 is 5.73 Å². The van der Waals surface area contributed by atoms with E-state index in [-0.39, 0.29) is 0 Å². The molecule has 0 spiro atoms. The molecule has 0 aliphatic carbocycles. The van der Waals surface area contributed by atoms with Crippen molar-refractivity contribution in [1.82, 2.24) is 4.90 Å². The van der Waals surface area contributed by atoms with Crippen LogP contribution in [0.3, 0.4) is 0 Å². The van der Waals surface area contributed by atoms with Gasteiger partial charge in [-0.05, 0) is 20.0 Å². The Balaban J connectivity index is 3.29. The molecule has 0 fully saturated rings. The van der Waals surface area contributed by atoms with Crippen molar-refractivity contribution in [2.24, 2.45) is 5.73 Å². The molecule has 2 nitrogen and oxygen atoms in total. The summed E-state index contributed by atoms with van der Waals surface area (Å²) in [6.07, 6.45) is 1.91. The van der Waals surface area contributed by atoms with Gasteiger partial charge in [-0.15, -0.1) is 0 Å². The maximum Gasteiger partial charge on any atom is 0.100 e. The van der Waals surface area contributed by atoms with E-state index in [2.05, 4.69) is 13.8 Å². The van der Waals surface area contributed by atoms with Crippen LogP contribution >= 0.6 is 0 Å². The molecule has 0 aromatic rings. The average molecular weight is 115 g/mol. The molecule has 8 heavy (non-hydrogen) atoms. The summed E-state index contributed by atoms with van der Waals surface area (Å²) >= 11 is 0. The van der Waals surface area contributed by atoms with Gasteiger partial charge in [-0.1, -0.05) is 13.8 Å². The lowest BCUT2D eigenvalue weighted by Gasteiger charge is -2.19. The molecule has 2 heteroatoms. The van der Waals surface area contributed by atoms with Crippen LogP contribution in [-0.4, -0.2) is 18.5 Å². The largest absolute Gasteiger partial charge is 0.310 e. The molecule has 0 rings (SSSR count). The average Bonchev–Trinajstić information content (AvgIpc) is 1.84. The normalized spacial score (nSPS) is 11.2. The van der Waals surface area contributed by atoms with Gasteiger partial charge in [0.1, 0.15) is 6.17 Å². The summed E-state index contributed by atoms with van der Waals surface area (Å²) in [6, 6.07) is 0. The second kappa shape index (κ2) is 3.87. The van der Waals surface area contributed by atoms with E-state index < -0.39 is 0 Å². The molecule has 0 unspecified atom stereocenters. The maximum atomic E-state index is 5.57. The maximum absolute atomic E-state index is 5.57. The molecule has 49 valence electrons. The van der Waals surface area contributed by atoms with Crippen molar-refractivity contribution in [2.45, 2.75) is 20.3 Å². The number of nitrogens with zero attached hydrogens (tertiary/aromatic N) is 1. The highest BCUT2D eigenvalue weighted by Gasteiger charge is 2.03. The van der Waals surface area contributed by atoms with Gasteiger partial charge in [-0.3, -0.25) is 4.90 Å². The van der Waals surface area contributed by atoms with Crippen molar-refractivity contribution >= 4 is 0 Å². The lowest BCUT2D eigenvalue weighted by Crippen LogP contribution is -2.30. The van der Waals surface area contributed by atoms with E-state index in [0.29, 0.717) is 0 Å². The Labute approximate surface area is 51.7 Å². The summed E-state index contributed by atoms with van der Waals surface area (Å²) < 4.78 is 0. The van der Waals surface area contributed by atoms with Gasteiger partial charge in [-0.25, -0.2) is 0 Å². The van der Waals surface area contributed by atoms with Crippen molar-refractivity contribution in [3.63, 3.8) is 0 Å². The molecule has 0 aromatic heterocycles. The van der Waals surface area contributed by atoms with Gasteiger partial charge in [0.15, 0.2) is 0 Å². The molecule has 0 bridgehead atoms. The second-order valence-corrected chi connectivity index (χ2v) is 1.86. The lowest BCUT2D eigenvalue weighted by molar-refractivity contribution is 0.348. The van der Waals surface area contributed by atoms with Crippen LogP contribution in [0.25, 0.3) is 0 Å². The van der Waals surface area contributed by atoms with Crippen LogP contribution in [0.5, 0.6) is 0 Å². The summed E-state index contributed by atoms with van der Waals surface area (Å²) in [5.41, 5.74) is 5.57. The van der Waals surface area contributed by atoms with Crippen LogP contribution in [-0.2, 0) is 0 Å². The molecule has 0 saturated carbocycles. The first-order valence-corrected chi connectivity index (χ1v) is 3.04. The molecule has 1 radical (unpaired) electrons. The van der Waals surface area contributed by atoms with E-state index in [1.807, 2.05) is 11.9 Å². The smallest absolute Gasteiger partial charge is 0.100 e. The van der Waals surface area contributed by atoms with E-state index in [1.54, 1.807) is 0 Å². The van der Waals surface area contributed by atoms with E-state index in [0.717, 1.165) is 19.1 Å². The summed E-state index contributed by atoms with van der Waals surface area (Å²) in [4.78, 5) is 2.04. The van der Waals surface area contributed by atoms with Crippen LogP contribution < -0.4 is 5.73 Å². The quantitative estimate of drug-likeness (QED) is 0.589. The Morgan fingerprint density at radius 1 is 1.50 bits per heavy atom. The summed E-state index contributed by atoms with van der Waals surface area (Å²) in [7, 11) is 2.00. The number of hydrogen-bond acceptors (Lipinski definition) is 2. The predicted octanol–water partition coefficient (Wildman–Crippen LogP) is 0.796. The Morgan fingerprint density at radius 2 is 2.00 bits per heavy atom. The fourth-order valence-corrected chi connectivity index (χ4v) is 0.473. The highest BCUT2D eigenvalue weighted by Crippen LogP contribution is 1.99. The molecule has 0 saturated heterocycles. The summed E-state index contributed by atoms with van der Waals surface area (Å²) in [5, 5.41) is 0. The first kappa shape index (κ1) is 7.92. The Bertz CT molecular complexity index is 46.5. The van der Waals surface area contributed by atoms with Crippen LogP contribution in [0.1, 0.15) is 20.3 Å². The minimum atomic E-state index is 0.949. The van der Waals surface area contributed by atoms with Crippen molar-refractivity contribution in [1.29, 1.82) is 0 Å². The first-order valence-electron chi connectivity index (χ1n) is 3.04. The van der Waals surface area contributed by atoms with E-state index in [1.165, 1.54) is 0 Å². The van der Waals surface area contributed by atoms with Gasteiger partial charge in [0.2, 0.25) is 0 Å². The van der Waals surface area contributed by atoms with Crippen LogP contribution in [0.4, 0.5) is 0 Å². The first-order chi connectivity index (χ1) is 3.72. The Kier molecular flexibility index (Phi) is 3.83. The number of hydrogen-bond donors (Lipinski definition) is 1. The molecule has 2 N–H and O–H groups in total. The molecule has 0 aliphatic rings. The molecule has 0 aliphatic heterocycles. The molecule has 0 heterocycles. The lowest BCUT2D eigenvalue weighted by atomic mass is 10.3. The molecule has 0 amide bonds. The third kappa shape index (κ3) is 2.28. The standard InChI is InChI=1S/C6H15N2/c1-4-6(7)8(3)5-2/h4-5,7H2,1-3H3. The molecule has 0 aromatic carbocycles. The van der Waals surface area contributed by atoms with Crippen LogP contribution in [0.15, 0.2) is 0 Å². The Morgan fingerprint density at radius 3 is 2.12 bits per heavy atom. The predicted molar refractivity (Wildman–Crippen MR) is 36.0 cm³/mol. The molecular formula is C6H15N2. The van der Waals surface area contributed by atoms with Gasteiger partial charge in [0.05, 0.1) is 0 Å². The van der Waals surface area contributed by atoms with E-state index in [4.69, 9.17) is 5.73 Å². The third-order valence-electron chi connectivity index (χ3n) is 1.33. The van der Waals surface area contributed by atoms with Gasteiger partial charge in [0.25, 0.3) is 0 Å². The van der Waals surface area contributed by atoms with Crippen LogP contribution in [0, 0.1) is 6.17 Å². The van der Waals surface area contributed by atoms with Crippen molar-refractivity contribution in [2.75, 3.05) is 13.6 Å². The van der Waals surface area contributed by atoms with Crippen molar-refractivity contribution < 1.29 is 0 Å². The topological polar surface area (TPSA) is 29.3 Å². The number of rotatable bonds is 3. The fraction of sp³-hybridized carbons (Fsp3) is 0.833. The zero-order chi connectivity index (χ0) is 6.57. The highest BCUT2D eigenvalue weighted by atomic mass is 15.2. The minimum absolute atomic E-state index is 0.949. The van der Waals surface area contributed by atoms with Crippen molar-refractivity contribution in [3.8, 4) is 0 Å². The Hall–Kier alpha value is -0.0800. The monoisotopic (exact) mass is 115 g/mol. The summed E-state index contributed by atoms with van der Waals surface area (Å²) in [6.45, 7) is 5.14. The fourth-order valence-electron chi connectivity index (χ4n) is 0.473. The van der Waals surface area contributed by atoms with Gasteiger partial charge in [-0.2, -0.15) is 0 Å². The molecule has 0 atom stereocenters. The van der Waals surface area contributed by atoms with E-state index >= 15 is 0 Å². The SMILES string of the molecule is CC[C](N)N(C)CC. The second-order valence-electron chi connectivity index (χ2n) is 1.86. The van der Waals surface area contributed by atoms with Gasteiger partial charge in [0, 0.05) is 0 Å². The zero-order valence-corrected chi connectivity index (χ0v) is 5.94.